The molecule has 0 spiro atoms. The summed E-state index contributed by atoms with van der Waals surface area (Å²) in [4.78, 5) is -0.149. The Kier molecular flexibility index (Phi) is 3.81. The smallest absolute Gasteiger partial charge is 0.128 e. The predicted molar refractivity (Wildman–Crippen MR) is 90.6 cm³/mol. The molecule has 0 bridgehead atoms. The van der Waals surface area contributed by atoms with Crippen LogP contribution in [0.1, 0.15) is 27.1 Å². The van der Waals surface area contributed by atoms with Crippen LogP contribution in [0, 0.1) is 19.7 Å². The van der Waals surface area contributed by atoms with E-state index < -0.39 is 0 Å². The van der Waals surface area contributed by atoms with E-state index in [1.165, 1.54) is 10.8 Å². The molecule has 1 unspecified atom stereocenters. The van der Waals surface area contributed by atoms with Gasteiger partial charge in [-0.3, -0.25) is 0 Å². The predicted octanol–water partition coefficient (Wildman–Crippen LogP) is 6.08. The number of alkyl halides is 1. The molecule has 0 saturated heterocycles. The molecule has 0 fully saturated rings. The third kappa shape index (κ3) is 2.60. The summed E-state index contributed by atoms with van der Waals surface area (Å²) < 4.78 is 14.3. The molecule has 3 aromatic rings. The molecule has 0 nitrogen and oxygen atoms in total. The van der Waals surface area contributed by atoms with Crippen molar-refractivity contribution in [3.8, 4) is 0 Å². The Hall–Kier alpha value is -1.67. The Morgan fingerprint density at radius 2 is 1.71 bits per heavy atom. The molecule has 0 radical (unpaired) electrons. The highest BCUT2D eigenvalue weighted by molar-refractivity contribution is 9.09. The highest BCUT2D eigenvalue weighted by Gasteiger charge is 2.19. The molecular weight excluding hydrogens is 327 g/mol. The second-order valence-electron chi connectivity index (χ2n) is 5.40. The molecule has 3 aromatic carbocycles. The fourth-order valence-electron chi connectivity index (χ4n) is 2.73. The van der Waals surface area contributed by atoms with Crippen molar-refractivity contribution in [1.82, 2.24) is 0 Å². The minimum Gasteiger partial charge on any atom is -0.207 e. The van der Waals surface area contributed by atoms with E-state index in [0.717, 1.165) is 16.7 Å². The third-order valence-corrected chi connectivity index (χ3v) is 4.82. The summed E-state index contributed by atoms with van der Waals surface area (Å²) in [5, 5.41) is 2.34. The Balaban J connectivity index is 2.21. The van der Waals surface area contributed by atoms with E-state index in [0.29, 0.717) is 5.56 Å². The van der Waals surface area contributed by atoms with Gasteiger partial charge in [0, 0.05) is 5.56 Å². The van der Waals surface area contributed by atoms with Crippen molar-refractivity contribution in [3.63, 3.8) is 0 Å². The molecule has 21 heavy (non-hydrogen) atoms. The second-order valence-corrected chi connectivity index (χ2v) is 6.32. The van der Waals surface area contributed by atoms with Gasteiger partial charge in [-0.1, -0.05) is 64.5 Å². The highest BCUT2D eigenvalue weighted by Crippen LogP contribution is 2.38. The van der Waals surface area contributed by atoms with Gasteiger partial charge in [0.05, 0.1) is 4.83 Å². The van der Waals surface area contributed by atoms with E-state index >= 15 is 0 Å². The Labute approximate surface area is 132 Å². The van der Waals surface area contributed by atoms with Gasteiger partial charge in [-0.2, -0.15) is 0 Å². The molecule has 0 aliphatic rings. The van der Waals surface area contributed by atoms with E-state index in [1.807, 2.05) is 31.2 Å². The van der Waals surface area contributed by atoms with Gasteiger partial charge < -0.3 is 0 Å². The van der Waals surface area contributed by atoms with Gasteiger partial charge in [-0.15, -0.1) is 0 Å². The summed E-state index contributed by atoms with van der Waals surface area (Å²) >= 11 is 3.70. The number of halogens is 2. The molecule has 0 amide bonds. The lowest BCUT2D eigenvalue weighted by atomic mass is 9.94. The minimum atomic E-state index is -0.163. The molecule has 0 heterocycles. The lowest BCUT2D eigenvalue weighted by molar-refractivity contribution is 0.612. The number of hydrogen-bond donors (Lipinski definition) is 0. The van der Waals surface area contributed by atoms with E-state index in [-0.39, 0.29) is 10.6 Å². The van der Waals surface area contributed by atoms with Gasteiger partial charge in [0.2, 0.25) is 0 Å². The summed E-state index contributed by atoms with van der Waals surface area (Å²) in [7, 11) is 0. The fourth-order valence-corrected chi connectivity index (χ4v) is 3.71. The molecular formula is C19H16BrF. The number of fused-ring (bicyclic) bond motifs is 1. The monoisotopic (exact) mass is 342 g/mol. The van der Waals surface area contributed by atoms with E-state index in [4.69, 9.17) is 0 Å². The topological polar surface area (TPSA) is 0 Å². The maximum Gasteiger partial charge on any atom is 0.128 e. The first kappa shape index (κ1) is 14.3. The molecule has 2 heteroatoms. The van der Waals surface area contributed by atoms with Crippen molar-refractivity contribution in [2.45, 2.75) is 18.7 Å². The lowest BCUT2D eigenvalue weighted by Gasteiger charge is -2.17. The fraction of sp³-hybridized carbons (Fsp3) is 0.158. The van der Waals surface area contributed by atoms with Crippen molar-refractivity contribution in [1.29, 1.82) is 0 Å². The van der Waals surface area contributed by atoms with Gasteiger partial charge in [0.25, 0.3) is 0 Å². The van der Waals surface area contributed by atoms with Gasteiger partial charge in [0.1, 0.15) is 5.82 Å². The van der Waals surface area contributed by atoms with Crippen LogP contribution in [0.25, 0.3) is 10.8 Å². The first-order chi connectivity index (χ1) is 10.1. The van der Waals surface area contributed by atoms with Gasteiger partial charge in [-0.25, -0.2) is 4.39 Å². The molecule has 106 valence electrons. The minimum absolute atomic E-state index is 0.149. The van der Waals surface area contributed by atoms with Gasteiger partial charge >= 0.3 is 0 Å². The zero-order chi connectivity index (χ0) is 15.0. The molecule has 1 atom stereocenters. The Morgan fingerprint density at radius 1 is 0.952 bits per heavy atom. The number of benzene rings is 3. The standard InChI is InChI=1S/C19H16BrF/c1-12-7-10-16(17(21)11-12)19(20)18-13(2)8-9-14-5-3-4-6-15(14)18/h3-11,19H,1-2H3. The van der Waals surface area contributed by atoms with Crippen molar-refractivity contribution in [3.05, 3.63) is 82.7 Å². The normalized spacial score (nSPS) is 12.6. The molecule has 0 saturated carbocycles. The lowest BCUT2D eigenvalue weighted by Crippen LogP contribution is -2.00. The summed E-state index contributed by atoms with van der Waals surface area (Å²) in [6.07, 6.45) is 0. The largest absolute Gasteiger partial charge is 0.207 e. The molecule has 0 aliphatic carbocycles. The zero-order valence-corrected chi connectivity index (χ0v) is 13.6. The van der Waals surface area contributed by atoms with Crippen molar-refractivity contribution in [2.75, 3.05) is 0 Å². The summed E-state index contributed by atoms with van der Waals surface area (Å²) in [6, 6.07) is 17.8. The summed E-state index contributed by atoms with van der Waals surface area (Å²) in [5.41, 5.74) is 3.91. The average molecular weight is 343 g/mol. The quantitative estimate of drug-likeness (QED) is 0.495. The van der Waals surface area contributed by atoms with Crippen LogP contribution in [0.15, 0.2) is 54.6 Å². The average Bonchev–Trinajstić information content (AvgIpc) is 2.46. The van der Waals surface area contributed by atoms with Crippen molar-refractivity contribution < 1.29 is 4.39 Å². The van der Waals surface area contributed by atoms with Crippen LogP contribution in [-0.4, -0.2) is 0 Å². The number of rotatable bonds is 2. The second kappa shape index (κ2) is 5.61. The van der Waals surface area contributed by atoms with E-state index in [2.05, 4.69) is 47.1 Å². The Morgan fingerprint density at radius 3 is 2.48 bits per heavy atom. The van der Waals surface area contributed by atoms with Crippen LogP contribution in [0.5, 0.6) is 0 Å². The molecule has 3 rings (SSSR count). The van der Waals surface area contributed by atoms with Crippen LogP contribution in [0.4, 0.5) is 4.39 Å². The van der Waals surface area contributed by atoms with Crippen LogP contribution >= 0.6 is 15.9 Å². The molecule has 0 aliphatic heterocycles. The van der Waals surface area contributed by atoms with Crippen LogP contribution < -0.4 is 0 Å². The maximum atomic E-state index is 14.3. The SMILES string of the molecule is Cc1ccc(C(Br)c2c(C)ccc3ccccc23)c(F)c1. The van der Waals surface area contributed by atoms with E-state index in [1.54, 1.807) is 6.07 Å². The number of aryl methyl sites for hydroxylation is 2. The number of hydrogen-bond acceptors (Lipinski definition) is 0. The van der Waals surface area contributed by atoms with Crippen LogP contribution in [0.2, 0.25) is 0 Å². The zero-order valence-electron chi connectivity index (χ0n) is 12.0. The maximum absolute atomic E-state index is 14.3. The first-order valence-electron chi connectivity index (χ1n) is 6.96. The van der Waals surface area contributed by atoms with Crippen molar-refractivity contribution in [2.24, 2.45) is 0 Å². The molecule has 0 aromatic heterocycles. The van der Waals surface area contributed by atoms with Crippen LogP contribution in [0.3, 0.4) is 0 Å². The highest BCUT2D eigenvalue weighted by atomic mass is 79.9. The molecule has 0 N–H and O–H groups in total. The first-order valence-corrected chi connectivity index (χ1v) is 7.88. The third-order valence-electron chi connectivity index (χ3n) is 3.87. The van der Waals surface area contributed by atoms with Gasteiger partial charge in [0.15, 0.2) is 0 Å². The Bertz CT molecular complexity index is 808. The van der Waals surface area contributed by atoms with Crippen LogP contribution in [-0.2, 0) is 0 Å². The van der Waals surface area contributed by atoms with E-state index in [9.17, 15) is 4.39 Å². The van der Waals surface area contributed by atoms with Crippen molar-refractivity contribution >= 4 is 26.7 Å². The summed E-state index contributed by atoms with van der Waals surface area (Å²) in [6.45, 7) is 3.97. The van der Waals surface area contributed by atoms with Gasteiger partial charge in [-0.05, 0) is 47.4 Å². The summed E-state index contributed by atoms with van der Waals surface area (Å²) in [5.74, 6) is -0.163.